The quantitative estimate of drug-likeness (QED) is 0.201. The van der Waals surface area contributed by atoms with Crippen molar-refractivity contribution in [2.24, 2.45) is 0 Å². The molecule has 216 valence electrons. The van der Waals surface area contributed by atoms with Gasteiger partial charge in [-0.15, -0.1) is 0 Å². The molecule has 46 heavy (non-hydrogen) atoms. The topological polar surface area (TPSA) is 32.2 Å². The second-order valence-corrected chi connectivity index (χ2v) is 12.4. The number of fused-ring (bicyclic) bond motifs is 13. The number of hydrogen-bond acceptors (Lipinski definition) is 2. The van der Waals surface area contributed by atoms with Gasteiger partial charge in [-0.3, -0.25) is 0 Å². The lowest BCUT2D eigenvalue weighted by Crippen LogP contribution is -2.18. The summed E-state index contributed by atoms with van der Waals surface area (Å²) in [6.45, 7) is 0. The Bertz CT molecular complexity index is 2700. The molecular weight excluding hydrogens is 564 g/mol. The largest absolute Gasteiger partial charge is 0.481 e. The summed E-state index contributed by atoms with van der Waals surface area (Å²) in [5.74, 6) is 0.936. The number of hydrogen-bond donors (Lipinski definition) is 0. The van der Waals surface area contributed by atoms with E-state index >= 15 is 0 Å². The number of nitrogens with zero attached hydrogens (tertiary/aromatic N) is 2. The number of rotatable bonds is 2. The summed E-state index contributed by atoms with van der Waals surface area (Å²) in [4.78, 5) is 0. The Labute approximate surface area is 263 Å². The zero-order valence-electron chi connectivity index (χ0n) is 24.7. The molecule has 0 saturated carbocycles. The lowest BCUT2D eigenvalue weighted by atomic mass is 9.90. The highest BCUT2D eigenvalue weighted by Gasteiger charge is 2.36. The summed E-state index contributed by atoms with van der Waals surface area (Å²) in [6, 6.07) is 45.4. The van der Waals surface area contributed by atoms with Gasteiger partial charge in [0.05, 0.1) is 27.8 Å². The van der Waals surface area contributed by atoms with Gasteiger partial charge in [0.1, 0.15) is 6.10 Å². The van der Waals surface area contributed by atoms with Gasteiger partial charge in [-0.05, 0) is 54.6 Å². The van der Waals surface area contributed by atoms with Crippen molar-refractivity contribution in [1.82, 2.24) is 9.13 Å². The molecule has 1 aliphatic carbocycles. The van der Waals surface area contributed by atoms with Crippen LogP contribution in [0.15, 0.2) is 150 Å². The van der Waals surface area contributed by atoms with Crippen LogP contribution in [-0.4, -0.2) is 15.2 Å². The summed E-state index contributed by atoms with van der Waals surface area (Å²) in [6.07, 6.45) is 6.71. The predicted molar refractivity (Wildman–Crippen MR) is 188 cm³/mol. The number of allylic oxidation sites excluding steroid dienone is 2. The highest BCUT2D eigenvalue weighted by atomic mass is 16.5. The van der Waals surface area contributed by atoms with Crippen LogP contribution in [0.5, 0.6) is 5.75 Å². The molecule has 1 aliphatic heterocycles. The first-order valence-electron chi connectivity index (χ1n) is 15.9. The third kappa shape index (κ3) is 3.08. The lowest BCUT2D eigenvalue weighted by Gasteiger charge is -2.20. The van der Waals surface area contributed by atoms with Crippen molar-refractivity contribution in [2.45, 2.75) is 12.0 Å². The van der Waals surface area contributed by atoms with Gasteiger partial charge in [-0.1, -0.05) is 91.0 Å². The third-order valence-corrected chi connectivity index (χ3v) is 10.1. The first-order valence-corrected chi connectivity index (χ1v) is 15.9. The van der Waals surface area contributed by atoms with E-state index in [-0.39, 0.29) is 12.0 Å². The molecule has 0 bridgehead atoms. The second kappa shape index (κ2) is 8.80. The molecule has 2 unspecified atom stereocenters. The van der Waals surface area contributed by atoms with Gasteiger partial charge in [0.15, 0.2) is 16.9 Å². The maximum atomic E-state index is 6.87. The fourth-order valence-corrected chi connectivity index (χ4v) is 8.09. The standard InChI is InChI=1S/C42H26N2O2/c1-5-15-34-26(10-1)27-11-2-6-16-35(27)43(34)25-20-23-39-33(24-25)32-22-21-31-30-14-9-19-38(40(30)46-42(31)41(32)45-39)44-36-17-7-3-12-28(36)29-13-4-8-18-37(29)44/h1-24,33,39H. The highest BCUT2D eigenvalue weighted by Crippen LogP contribution is 2.50. The third-order valence-electron chi connectivity index (χ3n) is 10.1. The minimum absolute atomic E-state index is 0.0811. The van der Waals surface area contributed by atoms with Gasteiger partial charge in [0.2, 0.25) is 0 Å². The Balaban J connectivity index is 1.11. The van der Waals surface area contributed by atoms with E-state index in [0.717, 1.165) is 55.7 Å². The van der Waals surface area contributed by atoms with Gasteiger partial charge in [-0.2, -0.15) is 0 Å². The van der Waals surface area contributed by atoms with Crippen LogP contribution in [0, 0.1) is 0 Å². The number of ether oxygens (including phenoxy) is 1. The summed E-state index contributed by atoms with van der Waals surface area (Å²) >= 11 is 0. The van der Waals surface area contributed by atoms with Crippen molar-refractivity contribution < 1.29 is 9.15 Å². The Morgan fingerprint density at radius 1 is 0.478 bits per heavy atom. The van der Waals surface area contributed by atoms with Crippen LogP contribution >= 0.6 is 0 Å². The minimum atomic E-state index is -0.0811. The predicted octanol–water partition coefficient (Wildman–Crippen LogP) is 10.7. The van der Waals surface area contributed by atoms with Crippen LogP contribution < -0.4 is 4.74 Å². The SMILES string of the molecule is C1=CC2Oc3c(ccc4c3oc3c(-n5c6ccccc6c6ccccc65)cccc34)C2C=C1n1c2ccccc2c2ccccc21. The average Bonchev–Trinajstić information content (AvgIpc) is 3.86. The summed E-state index contributed by atoms with van der Waals surface area (Å²) in [7, 11) is 0. The van der Waals surface area contributed by atoms with Crippen LogP contribution in [-0.2, 0) is 0 Å². The van der Waals surface area contributed by atoms with Crippen molar-refractivity contribution >= 4 is 71.2 Å². The lowest BCUT2D eigenvalue weighted by molar-refractivity contribution is 0.269. The Kier molecular flexibility index (Phi) is 4.66. The zero-order valence-corrected chi connectivity index (χ0v) is 24.7. The van der Waals surface area contributed by atoms with E-state index < -0.39 is 0 Å². The summed E-state index contributed by atoms with van der Waals surface area (Å²) in [5.41, 5.74) is 9.79. The molecule has 0 N–H and O–H groups in total. The fraction of sp³-hybridized carbons (Fsp3) is 0.0476. The van der Waals surface area contributed by atoms with Crippen molar-refractivity contribution in [1.29, 1.82) is 0 Å². The minimum Gasteiger partial charge on any atom is -0.481 e. The molecule has 3 aromatic heterocycles. The van der Waals surface area contributed by atoms with Gasteiger partial charge in [0, 0.05) is 49.5 Å². The normalized spacial score (nSPS) is 17.3. The monoisotopic (exact) mass is 590 g/mol. The van der Waals surface area contributed by atoms with Crippen LogP contribution in [0.4, 0.5) is 0 Å². The first kappa shape index (κ1) is 24.3. The highest BCUT2D eigenvalue weighted by molar-refractivity contribution is 6.14. The number of para-hydroxylation sites is 5. The molecule has 0 fully saturated rings. The maximum Gasteiger partial charge on any atom is 0.177 e. The van der Waals surface area contributed by atoms with Gasteiger partial charge in [-0.25, -0.2) is 0 Å². The molecule has 9 aromatic rings. The van der Waals surface area contributed by atoms with Crippen LogP contribution in [0.1, 0.15) is 11.5 Å². The molecule has 0 spiro atoms. The molecule has 4 heterocycles. The second-order valence-electron chi connectivity index (χ2n) is 12.4. The van der Waals surface area contributed by atoms with E-state index in [4.69, 9.17) is 9.15 Å². The van der Waals surface area contributed by atoms with Crippen molar-refractivity contribution in [3.63, 3.8) is 0 Å². The van der Waals surface area contributed by atoms with E-state index in [1.54, 1.807) is 0 Å². The molecule has 2 aliphatic rings. The summed E-state index contributed by atoms with van der Waals surface area (Å²) < 4.78 is 18.3. The number of aromatic nitrogens is 2. The van der Waals surface area contributed by atoms with Gasteiger partial charge in [0.25, 0.3) is 0 Å². The molecule has 2 atom stereocenters. The van der Waals surface area contributed by atoms with E-state index in [1.165, 1.54) is 32.6 Å². The Morgan fingerprint density at radius 3 is 1.65 bits per heavy atom. The molecular formula is C42H26N2O2. The van der Waals surface area contributed by atoms with Gasteiger partial charge >= 0.3 is 0 Å². The molecule has 4 nitrogen and oxygen atoms in total. The molecule has 6 aromatic carbocycles. The molecule has 0 saturated heterocycles. The van der Waals surface area contributed by atoms with E-state index in [2.05, 4.69) is 155 Å². The zero-order chi connectivity index (χ0) is 29.9. The van der Waals surface area contributed by atoms with E-state index in [1.807, 2.05) is 0 Å². The van der Waals surface area contributed by atoms with E-state index in [9.17, 15) is 0 Å². The number of benzene rings is 6. The molecule has 11 rings (SSSR count). The van der Waals surface area contributed by atoms with Crippen LogP contribution in [0.2, 0.25) is 0 Å². The van der Waals surface area contributed by atoms with Gasteiger partial charge < -0.3 is 18.3 Å². The Morgan fingerprint density at radius 2 is 1.02 bits per heavy atom. The molecule has 4 heteroatoms. The van der Waals surface area contributed by atoms with Crippen molar-refractivity contribution in [2.75, 3.05) is 0 Å². The summed E-state index contributed by atoms with van der Waals surface area (Å²) in [5, 5.41) is 7.16. The van der Waals surface area contributed by atoms with E-state index in [0.29, 0.717) is 0 Å². The number of furan rings is 1. The fourth-order valence-electron chi connectivity index (χ4n) is 8.09. The van der Waals surface area contributed by atoms with Crippen LogP contribution in [0.3, 0.4) is 0 Å². The van der Waals surface area contributed by atoms with Crippen LogP contribution in [0.25, 0.3) is 76.9 Å². The van der Waals surface area contributed by atoms with Crippen molar-refractivity contribution in [3.05, 3.63) is 151 Å². The molecule has 0 amide bonds. The smallest absolute Gasteiger partial charge is 0.177 e. The first-order chi connectivity index (χ1) is 22.8. The maximum absolute atomic E-state index is 6.87. The Hall–Kier alpha value is -6.00. The molecule has 0 radical (unpaired) electrons. The average molecular weight is 591 g/mol. The van der Waals surface area contributed by atoms with Crippen molar-refractivity contribution in [3.8, 4) is 11.4 Å².